The Hall–Kier alpha value is -1.64. The lowest BCUT2D eigenvalue weighted by atomic mass is 10.3. The number of hydrogen-bond donors (Lipinski definition) is 0. The average Bonchev–Trinajstić information content (AvgIpc) is 2.50. The lowest BCUT2D eigenvalue weighted by Gasteiger charge is -2.04. The van der Waals surface area contributed by atoms with Gasteiger partial charge >= 0.3 is 0 Å². The Morgan fingerprint density at radius 3 is 2.87 bits per heavy atom. The molecule has 1 aromatic heterocycles. The smallest absolute Gasteiger partial charge is 0.131 e. The molecule has 0 bridgehead atoms. The minimum atomic E-state index is 0.215. The number of benzene rings is 1. The molecule has 3 nitrogen and oxygen atoms in total. The summed E-state index contributed by atoms with van der Waals surface area (Å²) in [6.07, 6.45) is 0.571. The molecule has 0 saturated heterocycles. The van der Waals surface area contributed by atoms with Gasteiger partial charge in [-0.05, 0) is 26.0 Å². The van der Waals surface area contributed by atoms with E-state index in [1.807, 2.05) is 31.2 Å². The van der Waals surface area contributed by atoms with Crippen molar-refractivity contribution in [2.45, 2.75) is 26.8 Å². The molecule has 0 N–H and O–H groups in total. The first-order valence-corrected chi connectivity index (χ1v) is 5.10. The van der Waals surface area contributed by atoms with Crippen LogP contribution in [0.4, 0.5) is 0 Å². The molecule has 0 saturated carbocycles. The lowest BCUT2D eigenvalue weighted by Crippen LogP contribution is -2.04. The van der Waals surface area contributed by atoms with Crippen molar-refractivity contribution in [1.29, 1.82) is 0 Å². The normalized spacial score (nSPS) is 10.8. The first-order valence-electron chi connectivity index (χ1n) is 5.10. The first-order chi connectivity index (χ1) is 7.18. The van der Waals surface area contributed by atoms with Gasteiger partial charge < -0.3 is 4.57 Å². The highest BCUT2D eigenvalue weighted by atomic mass is 16.1. The molecule has 0 aliphatic rings. The Bertz CT molecular complexity index is 499. The molecule has 78 valence electrons. The van der Waals surface area contributed by atoms with E-state index in [9.17, 15) is 4.79 Å². The number of hydrogen-bond acceptors (Lipinski definition) is 2. The van der Waals surface area contributed by atoms with Crippen LogP contribution in [0, 0.1) is 6.92 Å². The van der Waals surface area contributed by atoms with E-state index in [4.69, 9.17) is 0 Å². The summed E-state index contributed by atoms with van der Waals surface area (Å²) in [5.41, 5.74) is 2.11. The summed E-state index contributed by atoms with van der Waals surface area (Å²) in [6, 6.07) is 8.00. The zero-order valence-corrected chi connectivity index (χ0v) is 9.03. The van der Waals surface area contributed by atoms with Crippen molar-refractivity contribution in [2.75, 3.05) is 0 Å². The highest BCUT2D eigenvalue weighted by molar-refractivity contribution is 5.77. The number of nitrogens with zero attached hydrogens (tertiary/aromatic N) is 2. The van der Waals surface area contributed by atoms with Gasteiger partial charge in [0.15, 0.2) is 0 Å². The summed E-state index contributed by atoms with van der Waals surface area (Å²) >= 11 is 0. The molecule has 0 spiro atoms. The van der Waals surface area contributed by atoms with Crippen LogP contribution < -0.4 is 0 Å². The Balaban J connectivity index is 2.40. The summed E-state index contributed by atoms with van der Waals surface area (Å²) in [7, 11) is 0. The number of carbonyl (C=O) groups is 1. The third-order valence-electron chi connectivity index (χ3n) is 2.53. The van der Waals surface area contributed by atoms with Gasteiger partial charge in [-0.2, -0.15) is 0 Å². The zero-order chi connectivity index (χ0) is 10.8. The largest absolute Gasteiger partial charge is 0.328 e. The highest BCUT2D eigenvalue weighted by Crippen LogP contribution is 2.15. The Kier molecular flexibility index (Phi) is 2.54. The van der Waals surface area contributed by atoms with Crippen LogP contribution in [0.5, 0.6) is 0 Å². The molecule has 0 radical (unpaired) electrons. The van der Waals surface area contributed by atoms with Gasteiger partial charge in [0.2, 0.25) is 0 Å². The van der Waals surface area contributed by atoms with Gasteiger partial charge in [-0.1, -0.05) is 12.1 Å². The molecule has 0 aliphatic heterocycles. The first kappa shape index (κ1) is 9.90. The van der Waals surface area contributed by atoms with E-state index in [1.54, 1.807) is 6.92 Å². The maximum absolute atomic E-state index is 11.0. The highest BCUT2D eigenvalue weighted by Gasteiger charge is 2.06. The van der Waals surface area contributed by atoms with Gasteiger partial charge in [0.25, 0.3) is 0 Å². The van der Waals surface area contributed by atoms with E-state index in [0.717, 1.165) is 23.4 Å². The molecule has 0 unspecified atom stereocenters. The molecule has 0 atom stereocenters. The molecule has 1 aromatic carbocycles. The second-order valence-corrected chi connectivity index (χ2v) is 3.75. The predicted octanol–water partition coefficient (Wildman–Crippen LogP) is 2.32. The number of imidazole rings is 1. The van der Waals surface area contributed by atoms with Crippen LogP contribution in [0.25, 0.3) is 11.0 Å². The van der Waals surface area contributed by atoms with Crippen molar-refractivity contribution < 1.29 is 4.79 Å². The summed E-state index contributed by atoms with van der Waals surface area (Å²) in [5, 5.41) is 0. The minimum Gasteiger partial charge on any atom is -0.328 e. The van der Waals surface area contributed by atoms with Crippen LogP contribution in [-0.2, 0) is 11.3 Å². The Labute approximate surface area is 88.7 Å². The Morgan fingerprint density at radius 2 is 2.13 bits per heavy atom. The van der Waals surface area contributed by atoms with Crippen LogP contribution in [0.3, 0.4) is 0 Å². The number of fused-ring (bicyclic) bond motifs is 1. The van der Waals surface area contributed by atoms with Crippen molar-refractivity contribution in [3.63, 3.8) is 0 Å². The van der Waals surface area contributed by atoms with E-state index < -0.39 is 0 Å². The molecule has 0 aliphatic carbocycles. The molecule has 2 rings (SSSR count). The maximum atomic E-state index is 11.0. The number of aryl methyl sites for hydroxylation is 2. The van der Waals surface area contributed by atoms with Gasteiger partial charge in [-0.25, -0.2) is 4.98 Å². The standard InChI is InChI=1S/C12H14N2O/c1-9(15)7-8-14-10(2)13-11-5-3-4-6-12(11)14/h3-6H,7-8H2,1-2H3. The molecule has 1 heterocycles. The molecule has 15 heavy (non-hydrogen) atoms. The van der Waals surface area contributed by atoms with Crippen molar-refractivity contribution in [3.05, 3.63) is 30.1 Å². The average molecular weight is 202 g/mol. The number of Topliss-reactive ketones (excluding diaryl/α,β-unsaturated/α-hetero) is 1. The SMILES string of the molecule is CC(=O)CCn1c(C)nc2ccccc21. The van der Waals surface area contributed by atoms with Crippen molar-refractivity contribution in [2.24, 2.45) is 0 Å². The molecule has 2 aromatic rings. The monoisotopic (exact) mass is 202 g/mol. The van der Waals surface area contributed by atoms with Crippen molar-refractivity contribution in [1.82, 2.24) is 9.55 Å². The Morgan fingerprint density at radius 1 is 1.40 bits per heavy atom. The van der Waals surface area contributed by atoms with Gasteiger partial charge in [-0.15, -0.1) is 0 Å². The second-order valence-electron chi connectivity index (χ2n) is 3.75. The molecular weight excluding hydrogens is 188 g/mol. The topological polar surface area (TPSA) is 34.9 Å². The van der Waals surface area contributed by atoms with E-state index in [2.05, 4.69) is 9.55 Å². The summed E-state index contributed by atoms with van der Waals surface area (Å²) in [6.45, 7) is 4.32. The number of para-hydroxylation sites is 2. The van der Waals surface area contributed by atoms with Gasteiger partial charge in [-0.3, -0.25) is 4.79 Å². The van der Waals surface area contributed by atoms with E-state index in [0.29, 0.717) is 6.42 Å². The predicted molar refractivity (Wildman–Crippen MR) is 59.8 cm³/mol. The number of ketones is 1. The second kappa shape index (κ2) is 3.85. The van der Waals surface area contributed by atoms with Crippen LogP contribution in [0.15, 0.2) is 24.3 Å². The van der Waals surface area contributed by atoms with Crippen LogP contribution >= 0.6 is 0 Å². The zero-order valence-electron chi connectivity index (χ0n) is 9.03. The molecular formula is C12H14N2O. The van der Waals surface area contributed by atoms with Crippen LogP contribution in [-0.4, -0.2) is 15.3 Å². The summed E-state index contributed by atoms with van der Waals surface area (Å²) < 4.78 is 2.09. The molecule has 3 heteroatoms. The lowest BCUT2D eigenvalue weighted by molar-refractivity contribution is -0.117. The number of aromatic nitrogens is 2. The van der Waals surface area contributed by atoms with Crippen molar-refractivity contribution >= 4 is 16.8 Å². The van der Waals surface area contributed by atoms with Crippen LogP contribution in [0.1, 0.15) is 19.2 Å². The molecule has 0 fully saturated rings. The van der Waals surface area contributed by atoms with E-state index in [-0.39, 0.29) is 5.78 Å². The fourth-order valence-electron chi connectivity index (χ4n) is 1.75. The van der Waals surface area contributed by atoms with Crippen molar-refractivity contribution in [3.8, 4) is 0 Å². The quantitative estimate of drug-likeness (QED) is 0.765. The summed E-state index contributed by atoms with van der Waals surface area (Å²) in [5.74, 6) is 1.18. The number of carbonyl (C=O) groups excluding carboxylic acids is 1. The van der Waals surface area contributed by atoms with Gasteiger partial charge in [0.1, 0.15) is 11.6 Å². The fourth-order valence-corrected chi connectivity index (χ4v) is 1.75. The van der Waals surface area contributed by atoms with Gasteiger partial charge in [0.05, 0.1) is 11.0 Å². The number of rotatable bonds is 3. The van der Waals surface area contributed by atoms with Crippen LogP contribution in [0.2, 0.25) is 0 Å². The minimum absolute atomic E-state index is 0.215. The fraction of sp³-hybridized carbons (Fsp3) is 0.333. The van der Waals surface area contributed by atoms with E-state index in [1.165, 1.54) is 0 Å². The maximum Gasteiger partial charge on any atom is 0.131 e. The van der Waals surface area contributed by atoms with Gasteiger partial charge in [0, 0.05) is 13.0 Å². The third kappa shape index (κ3) is 1.91. The summed E-state index contributed by atoms with van der Waals surface area (Å²) in [4.78, 5) is 15.4. The molecule has 0 amide bonds. The van der Waals surface area contributed by atoms with E-state index >= 15 is 0 Å². The third-order valence-corrected chi connectivity index (χ3v) is 2.53.